The van der Waals surface area contributed by atoms with Crippen molar-refractivity contribution in [2.24, 2.45) is 0 Å². The molecule has 0 unspecified atom stereocenters. The summed E-state index contributed by atoms with van der Waals surface area (Å²) < 4.78 is 5.72. The number of nitrogens with zero attached hydrogens (tertiary/aromatic N) is 2. The van der Waals surface area contributed by atoms with Crippen LogP contribution in [0.2, 0.25) is 0 Å². The second kappa shape index (κ2) is 5.27. The number of anilines is 2. The number of rotatable bonds is 5. The van der Waals surface area contributed by atoms with Gasteiger partial charge in [-0.25, -0.2) is 0 Å². The number of fused-ring (bicyclic) bond motifs is 1. The Labute approximate surface area is 106 Å². The lowest BCUT2D eigenvalue weighted by Crippen LogP contribution is -2.32. The Morgan fingerprint density at radius 1 is 1.44 bits per heavy atom. The Morgan fingerprint density at radius 3 is 2.89 bits per heavy atom. The molecule has 0 spiro atoms. The molecule has 0 amide bonds. The summed E-state index contributed by atoms with van der Waals surface area (Å²) >= 11 is 0. The molecular weight excluding hydrogens is 230 g/mol. The first-order valence-electron chi connectivity index (χ1n) is 6.15. The van der Waals surface area contributed by atoms with E-state index in [1.165, 1.54) is 0 Å². The van der Waals surface area contributed by atoms with Gasteiger partial charge in [-0.05, 0) is 38.5 Å². The summed E-state index contributed by atoms with van der Waals surface area (Å²) in [7, 11) is 0. The van der Waals surface area contributed by atoms with Crippen LogP contribution in [0.1, 0.15) is 20.3 Å². The van der Waals surface area contributed by atoms with Gasteiger partial charge in [-0.1, -0.05) is 0 Å². The summed E-state index contributed by atoms with van der Waals surface area (Å²) in [6.45, 7) is 5.02. The number of nitrogens with two attached hydrogens (primary N) is 1. The maximum Gasteiger partial charge on any atom is 0.298 e. The van der Waals surface area contributed by atoms with Gasteiger partial charge in [0.1, 0.15) is 5.52 Å². The van der Waals surface area contributed by atoms with Crippen LogP contribution in [0, 0.1) is 0 Å². The van der Waals surface area contributed by atoms with Gasteiger partial charge in [0.2, 0.25) is 0 Å². The van der Waals surface area contributed by atoms with E-state index in [-0.39, 0.29) is 12.6 Å². The van der Waals surface area contributed by atoms with Gasteiger partial charge in [0.05, 0.1) is 0 Å². The smallest absolute Gasteiger partial charge is 0.298 e. The molecule has 3 N–H and O–H groups in total. The fraction of sp³-hybridized carbons (Fsp3) is 0.462. The first-order chi connectivity index (χ1) is 8.61. The predicted molar refractivity (Wildman–Crippen MR) is 72.6 cm³/mol. The molecule has 0 saturated carbocycles. The maximum atomic E-state index is 8.93. The van der Waals surface area contributed by atoms with Gasteiger partial charge >= 0.3 is 0 Å². The quantitative estimate of drug-likeness (QED) is 0.793. The Bertz CT molecular complexity index is 522. The van der Waals surface area contributed by atoms with E-state index in [0.717, 1.165) is 17.6 Å². The van der Waals surface area contributed by atoms with Gasteiger partial charge in [-0.3, -0.25) is 0 Å². The highest BCUT2D eigenvalue weighted by molar-refractivity contribution is 5.78. The van der Waals surface area contributed by atoms with Crippen molar-refractivity contribution in [1.29, 1.82) is 0 Å². The highest BCUT2D eigenvalue weighted by atomic mass is 16.4. The van der Waals surface area contributed by atoms with Crippen molar-refractivity contribution in [1.82, 2.24) is 4.98 Å². The molecule has 0 aliphatic rings. The topological polar surface area (TPSA) is 75.5 Å². The second-order valence-corrected chi connectivity index (χ2v) is 4.59. The van der Waals surface area contributed by atoms with Crippen LogP contribution in [0.25, 0.3) is 11.1 Å². The molecule has 18 heavy (non-hydrogen) atoms. The molecule has 1 aromatic heterocycles. The van der Waals surface area contributed by atoms with Gasteiger partial charge in [-0.15, -0.1) is 0 Å². The summed E-state index contributed by atoms with van der Waals surface area (Å²) in [5.74, 6) is 0. The first kappa shape index (κ1) is 12.7. The Hall–Kier alpha value is -1.75. The van der Waals surface area contributed by atoms with Crippen molar-refractivity contribution in [3.8, 4) is 0 Å². The third-order valence-corrected chi connectivity index (χ3v) is 2.83. The van der Waals surface area contributed by atoms with Crippen LogP contribution in [0.4, 0.5) is 11.7 Å². The van der Waals surface area contributed by atoms with Crippen LogP contribution in [0.15, 0.2) is 22.6 Å². The normalized spacial score (nSPS) is 11.3. The maximum absolute atomic E-state index is 8.93. The summed E-state index contributed by atoms with van der Waals surface area (Å²) in [5, 5.41) is 8.93. The molecule has 0 radical (unpaired) electrons. The van der Waals surface area contributed by atoms with Crippen molar-refractivity contribution < 1.29 is 9.52 Å². The standard InChI is InChI=1S/C13H19N3O2/c1-9(2)16(6-3-7-17)13-15-11-8-10(14)4-5-12(11)18-13/h4-5,8-9,17H,3,6-7,14H2,1-2H3. The lowest BCUT2D eigenvalue weighted by atomic mass is 10.3. The van der Waals surface area contributed by atoms with Crippen molar-refractivity contribution in [2.45, 2.75) is 26.3 Å². The third kappa shape index (κ3) is 2.56. The number of nitrogen functional groups attached to an aromatic ring is 1. The van der Waals surface area contributed by atoms with Crippen LogP contribution in [-0.4, -0.2) is 29.3 Å². The van der Waals surface area contributed by atoms with Crippen molar-refractivity contribution in [3.05, 3.63) is 18.2 Å². The average molecular weight is 249 g/mol. The van der Waals surface area contributed by atoms with Gasteiger partial charge < -0.3 is 20.2 Å². The zero-order valence-electron chi connectivity index (χ0n) is 10.8. The molecule has 1 aromatic carbocycles. The van der Waals surface area contributed by atoms with E-state index < -0.39 is 0 Å². The molecule has 2 rings (SSSR count). The van der Waals surface area contributed by atoms with E-state index in [0.29, 0.717) is 18.1 Å². The van der Waals surface area contributed by atoms with Crippen molar-refractivity contribution in [3.63, 3.8) is 0 Å². The fourth-order valence-electron chi connectivity index (χ4n) is 1.87. The first-order valence-corrected chi connectivity index (χ1v) is 6.15. The highest BCUT2D eigenvalue weighted by Crippen LogP contribution is 2.24. The number of aromatic nitrogens is 1. The summed E-state index contributed by atoms with van der Waals surface area (Å²) in [6, 6.07) is 6.27. The molecule has 98 valence electrons. The lowest BCUT2D eigenvalue weighted by molar-refractivity contribution is 0.287. The molecular formula is C13H19N3O2. The minimum Gasteiger partial charge on any atom is -0.423 e. The van der Waals surface area contributed by atoms with Gasteiger partial charge in [-0.2, -0.15) is 4.98 Å². The molecule has 5 heteroatoms. The molecule has 5 nitrogen and oxygen atoms in total. The molecule has 2 aromatic rings. The molecule has 0 bridgehead atoms. The number of benzene rings is 1. The number of oxazole rings is 1. The van der Waals surface area contributed by atoms with Crippen LogP contribution < -0.4 is 10.6 Å². The Balaban J connectivity index is 2.32. The zero-order valence-corrected chi connectivity index (χ0v) is 10.8. The predicted octanol–water partition coefficient (Wildman–Crippen LogP) is 2.01. The van der Waals surface area contributed by atoms with E-state index in [4.69, 9.17) is 15.3 Å². The minimum atomic E-state index is 0.163. The number of hydrogen-bond acceptors (Lipinski definition) is 5. The van der Waals surface area contributed by atoms with Crippen LogP contribution in [0.3, 0.4) is 0 Å². The van der Waals surface area contributed by atoms with Crippen LogP contribution >= 0.6 is 0 Å². The highest BCUT2D eigenvalue weighted by Gasteiger charge is 2.16. The third-order valence-electron chi connectivity index (χ3n) is 2.83. The Morgan fingerprint density at radius 2 is 2.22 bits per heavy atom. The fourth-order valence-corrected chi connectivity index (χ4v) is 1.87. The van der Waals surface area contributed by atoms with Crippen molar-refractivity contribution in [2.75, 3.05) is 23.8 Å². The molecule has 0 saturated heterocycles. The summed E-state index contributed by atoms with van der Waals surface area (Å²) in [6.07, 6.45) is 0.693. The van der Waals surface area contributed by atoms with Gasteiger partial charge in [0, 0.05) is 24.9 Å². The van der Waals surface area contributed by atoms with Crippen LogP contribution in [0.5, 0.6) is 0 Å². The molecule has 0 aliphatic carbocycles. The molecule has 0 aliphatic heterocycles. The largest absolute Gasteiger partial charge is 0.423 e. The van der Waals surface area contributed by atoms with Gasteiger partial charge in [0.15, 0.2) is 5.58 Å². The molecule has 0 fully saturated rings. The van der Waals surface area contributed by atoms with E-state index in [9.17, 15) is 0 Å². The minimum absolute atomic E-state index is 0.163. The summed E-state index contributed by atoms with van der Waals surface area (Å²) in [5.41, 5.74) is 7.89. The summed E-state index contributed by atoms with van der Waals surface area (Å²) in [4.78, 5) is 6.48. The van der Waals surface area contributed by atoms with E-state index in [2.05, 4.69) is 18.8 Å². The van der Waals surface area contributed by atoms with E-state index in [1.807, 2.05) is 11.0 Å². The number of aliphatic hydroxyl groups is 1. The van der Waals surface area contributed by atoms with Gasteiger partial charge in [0.25, 0.3) is 6.01 Å². The monoisotopic (exact) mass is 249 g/mol. The van der Waals surface area contributed by atoms with E-state index >= 15 is 0 Å². The Kier molecular flexibility index (Phi) is 3.72. The van der Waals surface area contributed by atoms with E-state index in [1.54, 1.807) is 12.1 Å². The second-order valence-electron chi connectivity index (χ2n) is 4.59. The number of hydrogen-bond donors (Lipinski definition) is 2. The number of aliphatic hydroxyl groups excluding tert-OH is 1. The molecule has 0 atom stereocenters. The SMILES string of the molecule is CC(C)N(CCCO)c1nc2cc(N)ccc2o1. The zero-order chi connectivity index (χ0) is 13.1. The van der Waals surface area contributed by atoms with Crippen LogP contribution in [-0.2, 0) is 0 Å². The lowest BCUT2D eigenvalue weighted by Gasteiger charge is -2.24. The average Bonchev–Trinajstić information content (AvgIpc) is 2.71. The molecule has 1 heterocycles. The van der Waals surface area contributed by atoms with Crippen molar-refractivity contribution >= 4 is 22.8 Å².